The van der Waals surface area contributed by atoms with Crippen molar-refractivity contribution in [3.63, 3.8) is 0 Å². The number of imidazole rings is 1. The Kier molecular flexibility index (Phi) is 6.39. The summed E-state index contributed by atoms with van der Waals surface area (Å²) in [4.78, 5) is 20.4. The van der Waals surface area contributed by atoms with E-state index in [1.807, 2.05) is 78.9 Å². The van der Waals surface area contributed by atoms with Gasteiger partial charge in [-0.3, -0.25) is 4.57 Å². The fourth-order valence-electron chi connectivity index (χ4n) is 7.02. The molecule has 0 aliphatic rings. The molecule has 0 amide bonds. The van der Waals surface area contributed by atoms with Gasteiger partial charge < -0.3 is 4.57 Å². The van der Waals surface area contributed by atoms with Crippen molar-refractivity contribution in [3.8, 4) is 45.8 Å². The van der Waals surface area contributed by atoms with Crippen LogP contribution in [0.5, 0.6) is 0 Å². The third-order valence-corrected chi connectivity index (χ3v) is 9.34. The van der Waals surface area contributed by atoms with Crippen LogP contribution < -0.4 is 0 Å². The van der Waals surface area contributed by atoms with Gasteiger partial charge in [0.2, 0.25) is 5.95 Å². The van der Waals surface area contributed by atoms with Gasteiger partial charge in [0, 0.05) is 33.2 Å². The summed E-state index contributed by atoms with van der Waals surface area (Å²) < 4.78 is 4.44. The largest absolute Gasteiger partial charge is 0.309 e. The topological polar surface area (TPSA) is 61.4 Å². The van der Waals surface area contributed by atoms with Crippen molar-refractivity contribution in [2.75, 3.05) is 0 Å². The summed E-state index contributed by atoms with van der Waals surface area (Å²) in [5.74, 6) is 2.49. The molecule has 10 aromatic rings. The summed E-state index contributed by atoms with van der Waals surface area (Å²) >= 11 is 0. The minimum Gasteiger partial charge on any atom is -0.309 e. The van der Waals surface area contributed by atoms with E-state index in [0.29, 0.717) is 17.6 Å². The van der Waals surface area contributed by atoms with Crippen LogP contribution in [0.3, 0.4) is 0 Å². The maximum absolute atomic E-state index is 5.27. The second-order valence-electron chi connectivity index (χ2n) is 12.4. The number of hydrogen-bond acceptors (Lipinski definition) is 4. The minimum absolute atomic E-state index is 0.514. The first-order valence-corrected chi connectivity index (χ1v) is 16.7. The van der Waals surface area contributed by atoms with Crippen molar-refractivity contribution < 1.29 is 0 Å². The van der Waals surface area contributed by atoms with E-state index in [9.17, 15) is 0 Å². The molecular weight excluding hydrogens is 613 g/mol. The number of nitrogens with zero attached hydrogens (tertiary/aromatic N) is 6. The number of benzene rings is 7. The van der Waals surface area contributed by atoms with Crippen LogP contribution in [-0.2, 0) is 0 Å². The molecule has 0 unspecified atom stereocenters. The zero-order valence-electron chi connectivity index (χ0n) is 26.8. The van der Waals surface area contributed by atoms with Crippen LogP contribution in [0.15, 0.2) is 170 Å². The first kappa shape index (κ1) is 28.1. The third kappa shape index (κ3) is 4.58. The molecule has 0 atom stereocenters. The van der Waals surface area contributed by atoms with Crippen LogP contribution in [0.1, 0.15) is 0 Å². The van der Waals surface area contributed by atoms with Crippen LogP contribution in [0.2, 0.25) is 0 Å². The maximum atomic E-state index is 5.27. The number of hydrogen-bond donors (Lipinski definition) is 0. The molecule has 0 aliphatic heterocycles. The molecule has 234 valence electrons. The second-order valence-corrected chi connectivity index (χ2v) is 12.4. The Morgan fingerprint density at radius 1 is 0.360 bits per heavy atom. The highest BCUT2D eigenvalue weighted by Gasteiger charge is 2.21. The molecular formula is C44H28N6. The van der Waals surface area contributed by atoms with Crippen LogP contribution in [0.4, 0.5) is 0 Å². The average molecular weight is 641 g/mol. The molecule has 3 heterocycles. The van der Waals surface area contributed by atoms with E-state index in [-0.39, 0.29) is 0 Å². The van der Waals surface area contributed by atoms with Gasteiger partial charge in [-0.1, -0.05) is 127 Å². The maximum Gasteiger partial charge on any atom is 0.240 e. The molecule has 0 fully saturated rings. The lowest BCUT2D eigenvalue weighted by molar-refractivity contribution is 0.930. The lowest BCUT2D eigenvalue weighted by Crippen LogP contribution is -2.07. The van der Waals surface area contributed by atoms with Crippen molar-refractivity contribution in [1.82, 2.24) is 29.1 Å². The highest BCUT2D eigenvalue weighted by atomic mass is 15.2. The highest BCUT2D eigenvalue weighted by molar-refractivity contribution is 6.14. The molecule has 3 aromatic heterocycles. The van der Waals surface area contributed by atoms with Crippen molar-refractivity contribution in [3.05, 3.63) is 170 Å². The van der Waals surface area contributed by atoms with Gasteiger partial charge in [0.15, 0.2) is 11.6 Å². The van der Waals surface area contributed by atoms with E-state index in [1.165, 1.54) is 16.3 Å². The Labute approximate surface area is 287 Å². The molecule has 6 nitrogen and oxygen atoms in total. The summed E-state index contributed by atoms with van der Waals surface area (Å²) in [6, 6.07) is 58.6. The monoisotopic (exact) mass is 640 g/mol. The highest BCUT2D eigenvalue weighted by Crippen LogP contribution is 2.37. The van der Waals surface area contributed by atoms with E-state index in [0.717, 1.165) is 55.5 Å². The quantitative estimate of drug-likeness (QED) is 0.188. The molecule has 0 saturated carbocycles. The van der Waals surface area contributed by atoms with E-state index in [4.69, 9.17) is 19.9 Å². The lowest BCUT2D eigenvalue weighted by Gasteiger charge is -2.12. The Hall–Kier alpha value is -6.92. The second kappa shape index (κ2) is 11.4. The molecule has 0 aliphatic carbocycles. The standard InChI is InChI=1S/C44H28N6/c1-5-15-29(16-6-1)41-46-42(30-17-7-2-8-18-30)48-44(47-41)50-40-28-32-25-36-35-23-13-14-24-38(35)49(34-21-11-4-12-22-34)39(36)27-33(32)26-37(40)45-43(50)31-19-9-3-10-20-31/h1-28H. The summed E-state index contributed by atoms with van der Waals surface area (Å²) in [7, 11) is 0. The van der Waals surface area contributed by atoms with Crippen LogP contribution in [0, 0.1) is 0 Å². The average Bonchev–Trinajstić information content (AvgIpc) is 3.72. The van der Waals surface area contributed by atoms with Crippen molar-refractivity contribution >= 4 is 43.6 Å². The zero-order valence-corrected chi connectivity index (χ0v) is 26.8. The molecule has 50 heavy (non-hydrogen) atoms. The number of rotatable bonds is 5. The van der Waals surface area contributed by atoms with Gasteiger partial charge in [0.1, 0.15) is 5.82 Å². The number of para-hydroxylation sites is 2. The minimum atomic E-state index is 0.514. The van der Waals surface area contributed by atoms with Gasteiger partial charge in [-0.25, -0.2) is 9.97 Å². The predicted octanol–water partition coefficient (Wildman–Crippen LogP) is 10.5. The van der Waals surface area contributed by atoms with Crippen molar-refractivity contribution in [2.24, 2.45) is 0 Å². The molecule has 0 spiro atoms. The number of fused-ring (bicyclic) bond motifs is 5. The number of aromatic nitrogens is 6. The molecule has 10 rings (SSSR count). The Morgan fingerprint density at radius 3 is 1.56 bits per heavy atom. The SMILES string of the molecule is c1ccc(-c2nc(-c3ccccc3)nc(-n3c(-c4ccccc4)nc4cc5cc6c(cc5cc43)c3ccccc3n6-c3ccccc3)n2)cc1. The normalized spacial score (nSPS) is 11.6. The van der Waals surface area contributed by atoms with Crippen LogP contribution in [0.25, 0.3) is 89.4 Å². The van der Waals surface area contributed by atoms with Crippen LogP contribution >= 0.6 is 0 Å². The first-order valence-electron chi connectivity index (χ1n) is 16.7. The fraction of sp³-hybridized carbons (Fsp3) is 0. The van der Waals surface area contributed by atoms with Gasteiger partial charge in [-0.05, 0) is 53.2 Å². The third-order valence-electron chi connectivity index (χ3n) is 9.34. The van der Waals surface area contributed by atoms with E-state index >= 15 is 0 Å². The van der Waals surface area contributed by atoms with E-state index < -0.39 is 0 Å². The fourth-order valence-corrected chi connectivity index (χ4v) is 7.02. The molecule has 0 radical (unpaired) electrons. The zero-order chi connectivity index (χ0) is 33.0. The van der Waals surface area contributed by atoms with Gasteiger partial charge in [-0.2, -0.15) is 9.97 Å². The Morgan fingerprint density at radius 2 is 0.900 bits per heavy atom. The molecule has 0 saturated heterocycles. The Balaban J connectivity index is 1.28. The lowest BCUT2D eigenvalue weighted by atomic mass is 10.1. The molecule has 0 N–H and O–H groups in total. The van der Waals surface area contributed by atoms with Gasteiger partial charge in [0.25, 0.3) is 0 Å². The van der Waals surface area contributed by atoms with Crippen LogP contribution in [-0.4, -0.2) is 29.1 Å². The summed E-state index contributed by atoms with van der Waals surface area (Å²) in [5.41, 5.74) is 8.06. The summed E-state index contributed by atoms with van der Waals surface area (Å²) in [6.07, 6.45) is 0. The molecule has 7 aromatic carbocycles. The predicted molar refractivity (Wildman–Crippen MR) is 203 cm³/mol. The van der Waals surface area contributed by atoms with Crippen molar-refractivity contribution in [2.45, 2.75) is 0 Å². The molecule has 6 heteroatoms. The van der Waals surface area contributed by atoms with Gasteiger partial charge in [0.05, 0.1) is 22.1 Å². The van der Waals surface area contributed by atoms with Gasteiger partial charge in [-0.15, -0.1) is 0 Å². The Bertz CT molecular complexity index is 2780. The summed E-state index contributed by atoms with van der Waals surface area (Å²) in [5, 5.41) is 4.63. The smallest absolute Gasteiger partial charge is 0.240 e. The van der Waals surface area contributed by atoms with Crippen molar-refractivity contribution in [1.29, 1.82) is 0 Å². The van der Waals surface area contributed by atoms with E-state index in [2.05, 4.69) is 100 Å². The summed E-state index contributed by atoms with van der Waals surface area (Å²) in [6.45, 7) is 0. The van der Waals surface area contributed by atoms with Gasteiger partial charge >= 0.3 is 0 Å². The molecule has 0 bridgehead atoms. The first-order chi connectivity index (χ1) is 24.8. The van der Waals surface area contributed by atoms with E-state index in [1.54, 1.807) is 0 Å².